The number of amides is 1. The summed E-state index contributed by atoms with van der Waals surface area (Å²) in [5, 5.41) is 5.01. The van der Waals surface area contributed by atoms with Gasteiger partial charge in [-0.1, -0.05) is 6.07 Å². The third-order valence-electron chi connectivity index (χ3n) is 5.02. The first kappa shape index (κ1) is 18.1. The molecule has 6 nitrogen and oxygen atoms in total. The number of carbonyl (C=O) groups is 1. The Bertz CT molecular complexity index is 794. The highest BCUT2D eigenvalue weighted by atomic mass is 32.1. The van der Waals surface area contributed by atoms with E-state index in [1.165, 1.54) is 11.3 Å². The fourth-order valence-electron chi connectivity index (χ4n) is 3.73. The number of benzene rings is 1. The van der Waals surface area contributed by atoms with Crippen molar-refractivity contribution in [1.29, 1.82) is 0 Å². The summed E-state index contributed by atoms with van der Waals surface area (Å²) in [6.07, 6.45) is 2.28. The van der Waals surface area contributed by atoms with E-state index in [2.05, 4.69) is 10.2 Å². The minimum absolute atomic E-state index is 0.0302. The van der Waals surface area contributed by atoms with Crippen molar-refractivity contribution in [2.45, 2.75) is 19.4 Å². The molecule has 1 atom stereocenters. The molecule has 0 bridgehead atoms. The van der Waals surface area contributed by atoms with Crippen molar-refractivity contribution >= 4 is 17.2 Å². The van der Waals surface area contributed by atoms with Crippen molar-refractivity contribution in [3.63, 3.8) is 0 Å². The molecule has 144 valence electrons. The van der Waals surface area contributed by atoms with E-state index in [4.69, 9.17) is 14.2 Å². The van der Waals surface area contributed by atoms with E-state index in [0.717, 1.165) is 61.0 Å². The molecule has 2 aliphatic heterocycles. The van der Waals surface area contributed by atoms with Crippen LogP contribution in [0.25, 0.3) is 0 Å². The van der Waals surface area contributed by atoms with Crippen LogP contribution < -0.4 is 19.5 Å². The molecule has 0 aliphatic carbocycles. The van der Waals surface area contributed by atoms with Crippen LogP contribution in [-0.4, -0.2) is 44.3 Å². The standard InChI is InChI=1S/C20H24N2O4S/c1-24-16-8-15(9-17-19(16)26-13-25-17)12-22-6-2-4-14(11-22)10-21-20(23)18-5-3-7-27-18/h3,5,7-9,14H,2,4,6,10-13H2,1H3,(H,21,23)/t14-/m1/s1. The zero-order valence-electron chi connectivity index (χ0n) is 15.4. The summed E-state index contributed by atoms with van der Waals surface area (Å²) in [6.45, 7) is 3.83. The number of rotatable bonds is 6. The van der Waals surface area contributed by atoms with Crippen LogP contribution in [0.1, 0.15) is 28.1 Å². The molecule has 1 aromatic heterocycles. The van der Waals surface area contributed by atoms with E-state index in [0.29, 0.717) is 11.7 Å². The highest BCUT2D eigenvalue weighted by molar-refractivity contribution is 7.12. The number of thiophene rings is 1. The van der Waals surface area contributed by atoms with Crippen molar-refractivity contribution in [1.82, 2.24) is 10.2 Å². The van der Waals surface area contributed by atoms with Gasteiger partial charge in [-0.3, -0.25) is 9.69 Å². The Morgan fingerprint density at radius 3 is 3.15 bits per heavy atom. The average Bonchev–Trinajstić information content (AvgIpc) is 3.37. The number of hydrogen-bond acceptors (Lipinski definition) is 6. The third kappa shape index (κ3) is 4.20. The molecule has 0 radical (unpaired) electrons. The van der Waals surface area contributed by atoms with Crippen molar-refractivity contribution in [2.75, 3.05) is 33.5 Å². The van der Waals surface area contributed by atoms with Gasteiger partial charge in [0.2, 0.25) is 12.5 Å². The average molecular weight is 388 g/mol. The summed E-state index contributed by atoms with van der Waals surface area (Å²) in [5.41, 5.74) is 1.15. The quantitative estimate of drug-likeness (QED) is 0.824. The first-order chi connectivity index (χ1) is 13.2. The molecule has 7 heteroatoms. The van der Waals surface area contributed by atoms with Gasteiger partial charge in [0.15, 0.2) is 11.5 Å². The fraction of sp³-hybridized carbons (Fsp3) is 0.450. The van der Waals surface area contributed by atoms with E-state index in [1.807, 2.05) is 29.6 Å². The normalized spacial score (nSPS) is 19.1. The summed E-state index contributed by atoms with van der Waals surface area (Å²) in [5.74, 6) is 2.66. The molecule has 0 saturated carbocycles. The van der Waals surface area contributed by atoms with Crippen molar-refractivity contribution in [2.24, 2.45) is 5.92 Å². The van der Waals surface area contributed by atoms with Crippen LogP contribution in [-0.2, 0) is 6.54 Å². The predicted molar refractivity (Wildman–Crippen MR) is 104 cm³/mol. The lowest BCUT2D eigenvalue weighted by Gasteiger charge is -2.33. The number of ether oxygens (including phenoxy) is 3. The van der Waals surface area contributed by atoms with Gasteiger partial charge in [-0.2, -0.15) is 0 Å². The van der Waals surface area contributed by atoms with Gasteiger partial charge in [-0.05, 0) is 54.4 Å². The minimum atomic E-state index is 0.0302. The Morgan fingerprint density at radius 2 is 2.33 bits per heavy atom. The molecule has 27 heavy (non-hydrogen) atoms. The van der Waals surface area contributed by atoms with E-state index in [1.54, 1.807) is 7.11 Å². The van der Waals surface area contributed by atoms with Gasteiger partial charge >= 0.3 is 0 Å². The van der Waals surface area contributed by atoms with Gasteiger partial charge < -0.3 is 19.5 Å². The van der Waals surface area contributed by atoms with Gasteiger partial charge in [0.1, 0.15) is 0 Å². The third-order valence-corrected chi connectivity index (χ3v) is 5.89. The second kappa shape index (κ2) is 8.19. The zero-order valence-corrected chi connectivity index (χ0v) is 16.2. The molecule has 3 heterocycles. The largest absolute Gasteiger partial charge is 0.493 e. The maximum absolute atomic E-state index is 12.1. The second-order valence-corrected chi connectivity index (χ2v) is 7.91. The summed E-state index contributed by atoms with van der Waals surface area (Å²) in [4.78, 5) is 15.4. The Balaban J connectivity index is 1.34. The number of fused-ring (bicyclic) bond motifs is 1. The number of nitrogens with zero attached hydrogens (tertiary/aromatic N) is 1. The number of piperidine rings is 1. The SMILES string of the molecule is COc1cc(CN2CCC[C@H](CNC(=O)c3cccs3)C2)cc2c1OCO2. The molecule has 0 spiro atoms. The summed E-state index contributed by atoms with van der Waals surface area (Å²) in [6, 6.07) is 7.82. The van der Waals surface area contributed by atoms with E-state index < -0.39 is 0 Å². The van der Waals surface area contributed by atoms with Gasteiger partial charge in [0, 0.05) is 19.6 Å². The Labute approximate surface area is 163 Å². The molecule has 1 N–H and O–H groups in total. The van der Waals surface area contributed by atoms with Gasteiger partial charge in [0.05, 0.1) is 12.0 Å². The van der Waals surface area contributed by atoms with Crippen LogP contribution in [0.2, 0.25) is 0 Å². The topological polar surface area (TPSA) is 60.0 Å². The summed E-state index contributed by atoms with van der Waals surface area (Å²) >= 11 is 1.48. The van der Waals surface area contributed by atoms with E-state index >= 15 is 0 Å². The molecular formula is C20H24N2O4S. The first-order valence-corrected chi connectivity index (χ1v) is 10.1. The highest BCUT2D eigenvalue weighted by Crippen LogP contribution is 2.42. The van der Waals surface area contributed by atoms with Crippen LogP contribution in [0.4, 0.5) is 0 Å². The fourth-order valence-corrected chi connectivity index (χ4v) is 4.37. The lowest BCUT2D eigenvalue weighted by Crippen LogP contribution is -2.40. The van der Waals surface area contributed by atoms with Crippen LogP contribution >= 0.6 is 11.3 Å². The van der Waals surface area contributed by atoms with Gasteiger partial charge in [0.25, 0.3) is 5.91 Å². The number of likely N-dealkylation sites (tertiary alicyclic amines) is 1. The van der Waals surface area contributed by atoms with Crippen molar-refractivity contribution in [3.05, 3.63) is 40.1 Å². The maximum Gasteiger partial charge on any atom is 0.261 e. The Morgan fingerprint density at radius 1 is 1.41 bits per heavy atom. The smallest absolute Gasteiger partial charge is 0.261 e. The lowest BCUT2D eigenvalue weighted by molar-refractivity contribution is 0.0934. The predicted octanol–water partition coefficient (Wildman–Crippen LogP) is 3.13. The summed E-state index contributed by atoms with van der Waals surface area (Å²) in [7, 11) is 1.65. The molecule has 0 unspecified atom stereocenters. The van der Waals surface area contributed by atoms with Crippen molar-refractivity contribution < 1.29 is 19.0 Å². The maximum atomic E-state index is 12.1. The van der Waals surface area contributed by atoms with Crippen LogP contribution in [0.3, 0.4) is 0 Å². The molecule has 1 aromatic carbocycles. The Hall–Kier alpha value is -2.25. The molecule has 2 aliphatic rings. The second-order valence-electron chi connectivity index (χ2n) is 6.96. The Kier molecular flexibility index (Phi) is 5.50. The van der Waals surface area contributed by atoms with Gasteiger partial charge in [-0.25, -0.2) is 0 Å². The zero-order chi connectivity index (χ0) is 18.6. The molecule has 2 aromatic rings. The van der Waals surface area contributed by atoms with Gasteiger partial charge in [-0.15, -0.1) is 11.3 Å². The minimum Gasteiger partial charge on any atom is -0.493 e. The van der Waals surface area contributed by atoms with E-state index in [9.17, 15) is 4.79 Å². The molecule has 1 amide bonds. The lowest BCUT2D eigenvalue weighted by atomic mass is 9.97. The molecule has 1 saturated heterocycles. The monoisotopic (exact) mass is 388 g/mol. The van der Waals surface area contributed by atoms with E-state index in [-0.39, 0.29) is 12.7 Å². The summed E-state index contributed by atoms with van der Waals surface area (Å²) < 4.78 is 16.4. The number of methoxy groups -OCH3 is 1. The highest BCUT2D eigenvalue weighted by Gasteiger charge is 2.24. The number of hydrogen-bond donors (Lipinski definition) is 1. The number of nitrogens with one attached hydrogen (secondary N) is 1. The first-order valence-electron chi connectivity index (χ1n) is 9.23. The molecular weight excluding hydrogens is 364 g/mol. The molecule has 1 fully saturated rings. The number of carbonyl (C=O) groups excluding carboxylic acids is 1. The van der Waals surface area contributed by atoms with Crippen molar-refractivity contribution in [3.8, 4) is 17.2 Å². The van der Waals surface area contributed by atoms with Crippen LogP contribution in [0.5, 0.6) is 17.2 Å². The van der Waals surface area contributed by atoms with Crippen LogP contribution in [0, 0.1) is 5.92 Å². The molecule has 4 rings (SSSR count). The van der Waals surface area contributed by atoms with Crippen LogP contribution in [0.15, 0.2) is 29.6 Å².